The van der Waals surface area contributed by atoms with Gasteiger partial charge in [-0.05, 0) is 68.1 Å². The standard InChI is InChI=1S/C29H37N5O6S/c1-18-9-12-34(25(13-18)29(36)37)28(35)24(15-19-5-4-6-21(14-19)27(30)31)32-41(38,39)22-8-7-20-10-11-33(2)26(17-40-3)23(20)16-22/h4-9,14,16,24-26,32H,10-13,15,17H2,1-3H3,(H3,30,31)(H,36,37)/t24-,25?,26+/m0/s1. The fourth-order valence-electron chi connectivity index (χ4n) is 5.42. The molecule has 220 valence electrons. The van der Waals surface area contributed by atoms with E-state index < -0.39 is 34.0 Å². The molecule has 41 heavy (non-hydrogen) atoms. The molecule has 1 amide bonds. The lowest BCUT2D eigenvalue weighted by Gasteiger charge is -2.35. The number of sulfonamides is 1. The summed E-state index contributed by atoms with van der Waals surface area (Å²) in [6, 6.07) is 9.06. The van der Waals surface area contributed by atoms with Gasteiger partial charge in [-0.1, -0.05) is 35.9 Å². The summed E-state index contributed by atoms with van der Waals surface area (Å²) in [5, 5.41) is 17.6. The molecule has 11 nitrogen and oxygen atoms in total. The minimum atomic E-state index is -4.21. The number of hydrogen-bond donors (Lipinski definition) is 4. The second-order valence-corrected chi connectivity index (χ2v) is 12.4. The van der Waals surface area contributed by atoms with E-state index in [-0.39, 0.29) is 36.2 Å². The highest BCUT2D eigenvalue weighted by Gasteiger charge is 2.37. The first-order valence-corrected chi connectivity index (χ1v) is 14.9. The molecule has 0 saturated carbocycles. The minimum Gasteiger partial charge on any atom is -0.480 e. The van der Waals surface area contributed by atoms with Gasteiger partial charge in [0, 0.05) is 25.8 Å². The largest absolute Gasteiger partial charge is 0.480 e. The fraction of sp³-hybridized carbons (Fsp3) is 0.414. The Hall–Kier alpha value is -3.58. The molecule has 12 heteroatoms. The Labute approximate surface area is 240 Å². The third kappa shape index (κ3) is 6.84. The van der Waals surface area contributed by atoms with E-state index in [2.05, 4.69) is 9.62 Å². The molecule has 0 spiro atoms. The van der Waals surface area contributed by atoms with Crippen molar-refractivity contribution in [3.63, 3.8) is 0 Å². The number of nitrogens with zero attached hydrogens (tertiary/aromatic N) is 2. The number of carboxylic acid groups (broad SMARTS) is 1. The number of rotatable bonds is 10. The summed E-state index contributed by atoms with van der Waals surface area (Å²) in [5.41, 5.74) is 9.38. The van der Waals surface area contributed by atoms with Gasteiger partial charge in [0.2, 0.25) is 15.9 Å². The van der Waals surface area contributed by atoms with Gasteiger partial charge in [0.15, 0.2) is 0 Å². The first-order chi connectivity index (χ1) is 19.4. The molecule has 0 aliphatic carbocycles. The third-order valence-corrected chi connectivity index (χ3v) is 9.22. The molecular weight excluding hydrogens is 546 g/mol. The molecule has 2 aliphatic heterocycles. The fourth-order valence-corrected chi connectivity index (χ4v) is 6.65. The van der Waals surface area contributed by atoms with E-state index in [0.717, 1.165) is 29.7 Å². The van der Waals surface area contributed by atoms with Crippen LogP contribution in [0.1, 0.15) is 41.6 Å². The molecule has 3 atom stereocenters. The van der Waals surface area contributed by atoms with E-state index in [9.17, 15) is 23.1 Å². The van der Waals surface area contributed by atoms with Crippen LogP contribution >= 0.6 is 0 Å². The van der Waals surface area contributed by atoms with E-state index in [1.165, 1.54) is 11.0 Å². The van der Waals surface area contributed by atoms with Crippen LogP contribution in [0.3, 0.4) is 0 Å². The first kappa shape index (κ1) is 30.4. The van der Waals surface area contributed by atoms with Crippen molar-refractivity contribution in [2.24, 2.45) is 5.73 Å². The number of amidine groups is 1. The van der Waals surface area contributed by atoms with Gasteiger partial charge in [-0.25, -0.2) is 13.2 Å². The molecule has 1 unspecified atom stereocenters. The highest BCUT2D eigenvalue weighted by Crippen LogP contribution is 2.31. The number of carboxylic acids is 1. The number of aliphatic carboxylic acids is 1. The van der Waals surface area contributed by atoms with Crippen LogP contribution in [-0.4, -0.2) is 87.0 Å². The molecule has 2 aliphatic rings. The van der Waals surface area contributed by atoms with Gasteiger partial charge in [0.1, 0.15) is 17.9 Å². The lowest BCUT2D eigenvalue weighted by Crippen LogP contribution is -2.55. The second-order valence-electron chi connectivity index (χ2n) is 10.7. The molecule has 5 N–H and O–H groups in total. The molecule has 0 aromatic heterocycles. The summed E-state index contributed by atoms with van der Waals surface area (Å²) in [5.74, 6) is -1.97. The van der Waals surface area contributed by atoms with Crippen molar-refractivity contribution >= 4 is 27.7 Å². The lowest BCUT2D eigenvalue weighted by atomic mass is 9.93. The average molecular weight is 584 g/mol. The summed E-state index contributed by atoms with van der Waals surface area (Å²) in [7, 11) is -0.652. The smallest absolute Gasteiger partial charge is 0.326 e. The summed E-state index contributed by atoms with van der Waals surface area (Å²) in [6.07, 6.45) is 2.63. The van der Waals surface area contributed by atoms with Crippen molar-refractivity contribution < 1.29 is 27.9 Å². The summed E-state index contributed by atoms with van der Waals surface area (Å²) in [6.45, 7) is 3.06. The zero-order valence-corrected chi connectivity index (χ0v) is 24.3. The maximum atomic E-state index is 13.9. The quantitative estimate of drug-likeness (QED) is 0.186. The van der Waals surface area contributed by atoms with Gasteiger partial charge in [-0.3, -0.25) is 15.1 Å². The summed E-state index contributed by atoms with van der Waals surface area (Å²) < 4.78 is 35.5. The zero-order chi connectivity index (χ0) is 29.9. The second kappa shape index (κ2) is 12.5. The number of nitrogens with one attached hydrogen (secondary N) is 2. The Morgan fingerprint density at radius 1 is 1.24 bits per heavy atom. The monoisotopic (exact) mass is 583 g/mol. The van der Waals surface area contributed by atoms with Crippen molar-refractivity contribution in [1.82, 2.24) is 14.5 Å². The SMILES string of the molecule is COC[C@@H]1c2cc(S(=O)(=O)N[C@@H](Cc3cccc(C(=N)N)c3)C(=O)N3CC=C(C)CC3C(=O)O)ccc2CCN1C. The third-order valence-electron chi connectivity index (χ3n) is 7.75. The Morgan fingerprint density at radius 3 is 2.68 bits per heavy atom. The maximum absolute atomic E-state index is 13.9. The summed E-state index contributed by atoms with van der Waals surface area (Å²) >= 11 is 0. The number of benzene rings is 2. The van der Waals surface area contributed by atoms with Crippen LogP contribution in [-0.2, 0) is 37.2 Å². The predicted molar refractivity (Wildman–Crippen MR) is 154 cm³/mol. The van der Waals surface area contributed by atoms with Gasteiger partial charge in [-0.2, -0.15) is 4.72 Å². The van der Waals surface area contributed by atoms with Crippen molar-refractivity contribution in [3.8, 4) is 0 Å². The van der Waals surface area contributed by atoms with Gasteiger partial charge in [-0.15, -0.1) is 0 Å². The molecule has 2 aromatic carbocycles. The molecular formula is C29H37N5O6S. The number of amides is 1. The molecule has 2 heterocycles. The van der Waals surface area contributed by atoms with Crippen LogP contribution in [0.4, 0.5) is 0 Å². The Morgan fingerprint density at radius 2 is 2.00 bits per heavy atom. The number of nitrogen functional groups attached to an aromatic ring is 1. The van der Waals surface area contributed by atoms with Crippen LogP contribution in [0, 0.1) is 5.41 Å². The molecule has 0 bridgehead atoms. The van der Waals surface area contributed by atoms with Crippen LogP contribution in [0.25, 0.3) is 0 Å². The lowest BCUT2D eigenvalue weighted by molar-refractivity contribution is -0.150. The minimum absolute atomic E-state index is 0.00658. The number of hydrogen-bond acceptors (Lipinski definition) is 7. The molecule has 0 saturated heterocycles. The van der Waals surface area contributed by atoms with Crippen LogP contribution in [0.2, 0.25) is 0 Å². The first-order valence-electron chi connectivity index (χ1n) is 13.4. The molecule has 0 radical (unpaired) electrons. The Kier molecular flexibility index (Phi) is 9.27. The number of carbonyl (C=O) groups excluding carboxylic acids is 1. The van der Waals surface area contributed by atoms with Crippen LogP contribution in [0.15, 0.2) is 59.0 Å². The number of fused-ring (bicyclic) bond motifs is 1. The summed E-state index contributed by atoms with van der Waals surface area (Å²) in [4.78, 5) is 29.3. The molecule has 4 rings (SSSR count). The Bertz CT molecular complexity index is 1470. The Balaban J connectivity index is 1.71. The normalized spacial score (nSPS) is 20.2. The van der Waals surface area contributed by atoms with Crippen molar-refractivity contribution in [2.45, 2.75) is 49.2 Å². The molecule has 0 fully saturated rings. The van der Waals surface area contributed by atoms with Crippen LogP contribution < -0.4 is 10.5 Å². The number of likely N-dealkylation sites (N-methyl/N-ethyl adjacent to an activating group) is 1. The highest BCUT2D eigenvalue weighted by atomic mass is 32.2. The average Bonchev–Trinajstić information content (AvgIpc) is 2.93. The van der Waals surface area contributed by atoms with E-state index >= 15 is 0 Å². The van der Waals surface area contributed by atoms with Gasteiger partial charge in [0.05, 0.1) is 17.5 Å². The molecule has 2 aromatic rings. The van der Waals surface area contributed by atoms with Crippen molar-refractivity contribution in [3.05, 3.63) is 76.4 Å². The van der Waals surface area contributed by atoms with E-state index in [1.807, 2.05) is 7.05 Å². The van der Waals surface area contributed by atoms with Crippen molar-refractivity contribution in [1.29, 1.82) is 5.41 Å². The van der Waals surface area contributed by atoms with Crippen molar-refractivity contribution in [2.75, 3.05) is 33.9 Å². The van der Waals surface area contributed by atoms with Gasteiger partial charge < -0.3 is 20.5 Å². The van der Waals surface area contributed by atoms with E-state index in [0.29, 0.717) is 17.7 Å². The number of methoxy groups -OCH3 is 1. The van der Waals surface area contributed by atoms with E-state index in [4.69, 9.17) is 15.9 Å². The van der Waals surface area contributed by atoms with E-state index in [1.54, 1.807) is 56.5 Å². The van der Waals surface area contributed by atoms with Crippen LogP contribution in [0.5, 0.6) is 0 Å². The number of carbonyl (C=O) groups is 2. The zero-order valence-electron chi connectivity index (χ0n) is 23.5. The highest BCUT2D eigenvalue weighted by molar-refractivity contribution is 7.89. The van der Waals surface area contributed by atoms with Gasteiger partial charge >= 0.3 is 5.97 Å². The maximum Gasteiger partial charge on any atom is 0.326 e. The topological polar surface area (TPSA) is 166 Å². The number of ether oxygens (including phenoxy) is 1. The predicted octanol–water partition coefficient (Wildman–Crippen LogP) is 1.67. The number of nitrogens with two attached hydrogens (primary N) is 1. The van der Waals surface area contributed by atoms with Gasteiger partial charge in [0.25, 0.3) is 0 Å².